The van der Waals surface area contributed by atoms with Crippen LogP contribution < -0.4 is 5.56 Å². The molecule has 0 amide bonds. The summed E-state index contributed by atoms with van der Waals surface area (Å²) in [5.41, 5.74) is 2.54. The molecule has 0 aliphatic rings. The van der Waals surface area contributed by atoms with E-state index in [2.05, 4.69) is 0 Å². The monoisotopic (exact) mass is 318 g/mol. The fourth-order valence-corrected chi connectivity index (χ4v) is 2.96. The number of hydrogen-bond acceptors (Lipinski definition) is 1. The first-order valence-electron chi connectivity index (χ1n) is 7.74. The van der Waals surface area contributed by atoms with Gasteiger partial charge in [-0.05, 0) is 42.0 Å². The number of halogens is 1. The fraction of sp³-hybridized carbons (Fsp3) is 0.0500. The lowest BCUT2D eigenvalue weighted by molar-refractivity contribution is 0.606. The fourth-order valence-electron chi connectivity index (χ4n) is 2.96. The van der Waals surface area contributed by atoms with Gasteiger partial charge in [0.2, 0.25) is 0 Å². The van der Waals surface area contributed by atoms with E-state index in [0.29, 0.717) is 11.9 Å². The van der Waals surface area contributed by atoms with Crippen molar-refractivity contribution < 1.29 is 4.39 Å². The van der Waals surface area contributed by atoms with E-state index >= 15 is 0 Å². The molecule has 24 heavy (non-hydrogen) atoms. The van der Waals surface area contributed by atoms with E-state index in [9.17, 15) is 9.18 Å². The van der Waals surface area contributed by atoms with E-state index in [1.807, 2.05) is 59.3 Å². The Morgan fingerprint density at radius 3 is 2.21 bits per heavy atom. The molecule has 3 nitrogen and oxygen atoms in total. The first kappa shape index (κ1) is 14.5. The van der Waals surface area contributed by atoms with Crippen LogP contribution in [0.5, 0.6) is 0 Å². The number of fused-ring (bicyclic) bond motifs is 1. The van der Waals surface area contributed by atoms with Crippen LogP contribution in [0.25, 0.3) is 16.6 Å². The van der Waals surface area contributed by atoms with E-state index in [-0.39, 0.29) is 11.4 Å². The van der Waals surface area contributed by atoms with Crippen LogP contribution in [0.1, 0.15) is 5.56 Å². The summed E-state index contributed by atoms with van der Waals surface area (Å²) >= 11 is 0. The summed E-state index contributed by atoms with van der Waals surface area (Å²) in [6.07, 6.45) is 0. The number of para-hydroxylation sites is 2. The molecule has 0 aliphatic heterocycles. The Kier molecular flexibility index (Phi) is 3.50. The van der Waals surface area contributed by atoms with Crippen molar-refractivity contribution in [1.29, 1.82) is 0 Å². The van der Waals surface area contributed by atoms with Gasteiger partial charge in [-0.2, -0.15) is 0 Å². The molecule has 1 aromatic heterocycles. The Labute approximate surface area is 138 Å². The Hall–Kier alpha value is -3.14. The minimum atomic E-state index is -0.267. The summed E-state index contributed by atoms with van der Waals surface area (Å²) in [7, 11) is 0. The number of nitrogens with zero attached hydrogens (tertiary/aromatic N) is 2. The summed E-state index contributed by atoms with van der Waals surface area (Å²) < 4.78 is 16.8. The molecular weight excluding hydrogens is 303 g/mol. The van der Waals surface area contributed by atoms with Gasteiger partial charge in [-0.1, -0.05) is 42.5 Å². The average molecular weight is 318 g/mol. The van der Waals surface area contributed by atoms with Gasteiger partial charge >= 0.3 is 0 Å². The molecule has 0 unspecified atom stereocenters. The van der Waals surface area contributed by atoms with Crippen LogP contribution in [-0.4, -0.2) is 9.36 Å². The molecule has 118 valence electrons. The van der Waals surface area contributed by atoms with Crippen molar-refractivity contribution in [1.82, 2.24) is 9.36 Å². The maximum Gasteiger partial charge on any atom is 0.279 e. The average Bonchev–Trinajstić information content (AvgIpc) is 2.90. The van der Waals surface area contributed by atoms with Crippen molar-refractivity contribution >= 4 is 10.9 Å². The van der Waals surface area contributed by atoms with Crippen LogP contribution in [0.4, 0.5) is 4.39 Å². The van der Waals surface area contributed by atoms with Gasteiger partial charge in [0, 0.05) is 0 Å². The lowest BCUT2D eigenvalue weighted by atomic mass is 10.2. The van der Waals surface area contributed by atoms with E-state index in [4.69, 9.17) is 0 Å². The van der Waals surface area contributed by atoms with Crippen molar-refractivity contribution in [2.75, 3.05) is 0 Å². The highest BCUT2D eigenvalue weighted by Gasteiger charge is 2.14. The van der Waals surface area contributed by atoms with E-state index < -0.39 is 0 Å². The normalized spacial score (nSPS) is 11.0. The highest BCUT2D eigenvalue weighted by molar-refractivity contribution is 5.79. The van der Waals surface area contributed by atoms with Gasteiger partial charge in [0.05, 0.1) is 23.1 Å². The molecule has 0 atom stereocenters. The predicted molar refractivity (Wildman–Crippen MR) is 93.0 cm³/mol. The molecule has 0 saturated carbocycles. The molecule has 4 rings (SSSR count). The maximum atomic E-state index is 13.2. The topological polar surface area (TPSA) is 26.9 Å². The minimum absolute atomic E-state index is 0.0566. The SMILES string of the molecule is O=c1c2ccccc2n(Cc2ccc(F)cc2)n1-c1ccccc1. The molecule has 1 heterocycles. The molecule has 0 fully saturated rings. The second kappa shape index (κ2) is 5.81. The molecule has 0 bridgehead atoms. The Morgan fingerprint density at radius 1 is 0.792 bits per heavy atom. The Bertz CT molecular complexity index is 1050. The molecule has 0 saturated heterocycles. The number of hydrogen-bond donors (Lipinski definition) is 0. The molecule has 3 aromatic carbocycles. The second-order valence-electron chi connectivity index (χ2n) is 5.65. The largest absolute Gasteiger partial charge is 0.279 e. The molecular formula is C20H15FN2O. The molecule has 0 radical (unpaired) electrons. The van der Waals surface area contributed by atoms with Crippen molar-refractivity contribution in [3.8, 4) is 5.69 Å². The van der Waals surface area contributed by atoms with E-state index in [0.717, 1.165) is 16.8 Å². The number of rotatable bonds is 3. The lowest BCUT2D eigenvalue weighted by Gasteiger charge is -2.13. The van der Waals surface area contributed by atoms with Crippen LogP contribution in [0.3, 0.4) is 0 Å². The van der Waals surface area contributed by atoms with Gasteiger partial charge in [-0.15, -0.1) is 0 Å². The zero-order valence-corrected chi connectivity index (χ0v) is 12.9. The van der Waals surface area contributed by atoms with Crippen molar-refractivity contribution in [2.45, 2.75) is 6.54 Å². The summed E-state index contributed by atoms with van der Waals surface area (Å²) in [6, 6.07) is 23.4. The van der Waals surface area contributed by atoms with Crippen molar-refractivity contribution in [3.63, 3.8) is 0 Å². The van der Waals surface area contributed by atoms with Crippen LogP contribution in [0.15, 0.2) is 83.7 Å². The van der Waals surface area contributed by atoms with E-state index in [1.54, 1.807) is 16.8 Å². The number of benzene rings is 3. The Balaban J connectivity index is 1.95. The summed E-state index contributed by atoms with van der Waals surface area (Å²) in [5, 5.41) is 0.670. The maximum absolute atomic E-state index is 13.2. The quantitative estimate of drug-likeness (QED) is 0.561. The van der Waals surface area contributed by atoms with Gasteiger partial charge in [0.25, 0.3) is 5.56 Å². The zero-order chi connectivity index (χ0) is 16.5. The van der Waals surface area contributed by atoms with Crippen LogP contribution in [0.2, 0.25) is 0 Å². The van der Waals surface area contributed by atoms with Crippen LogP contribution >= 0.6 is 0 Å². The second-order valence-corrected chi connectivity index (χ2v) is 5.65. The molecule has 0 spiro atoms. The van der Waals surface area contributed by atoms with Gasteiger partial charge in [0.15, 0.2) is 0 Å². The third-order valence-electron chi connectivity index (χ3n) is 4.09. The predicted octanol–water partition coefficient (Wildman–Crippen LogP) is 3.98. The summed E-state index contributed by atoms with van der Waals surface area (Å²) in [6.45, 7) is 0.484. The molecule has 0 N–H and O–H groups in total. The van der Waals surface area contributed by atoms with Gasteiger partial charge in [-0.3, -0.25) is 9.48 Å². The minimum Gasteiger partial charge on any atom is -0.273 e. The highest BCUT2D eigenvalue weighted by atomic mass is 19.1. The van der Waals surface area contributed by atoms with Gasteiger partial charge in [0.1, 0.15) is 5.82 Å². The van der Waals surface area contributed by atoms with E-state index in [1.165, 1.54) is 12.1 Å². The third-order valence-corrected chi connectivity index (χ3v) is 4.09. The number of aromatic nitrogens is 2. The van der Waals surface area contributed by atoms with Crippen molar-refractivity contribution in [3.05, 3.63) is 101 Å². The van der Waals surface area contributed by atoms with Crippen LogP contribution in [0, 0.1) is 5.82 Å². The molecule has 4 heteroatoms. The molecule has 0 aliphatic carbocycles. The van der Waals surface area contributed by atoms with Crippen molar-refractivity contribution in [2.24, 2.45) is 0 Å². The standard InChI is InChI=1S/C20H15FN2O/c21-16-12-10-15(11-13-16)14-22-19-9-5-4-8-18(19)20(24)23(22)17-6-2-1-3-7-17/h1-13H,14H2. The highest BCUT2D eigenvalue weighted by Crippen LogP contribution is 2.17. The first-order valence-corrected chi connectivity index (χ1v) is 7.74. The zero-order valence-electron chi connectivity index (χ0n) is 12.9. The van der Waals surface area contributed by atoms with Crippen LogP contribution in [-0.2, 0) is 6.54 Å². The molecule has 4 aromatic rings. The summed E-state index contributed by atoms with van der Waals surface area (Å²) in [5.74, 6) is -0.267. The lowest BCUT2D eigenvalue weighted by Crippen LogP contribution is -2.21. The third kappa shape index (κ3) is 2.42. The van der Waals surface area contributed by atoms with Gasteiger partial charge in [-0.25, -0.2) is 9.07 Å². The van der Waals surface area contributed by atoms with Gasteiger partial charge < -0.3 is 0 Å². The summed E-state index contributed by atoms with van der Waals surface area (Å²) in [4.78, 5) is 12.9. The first-order chi connectivity index (χ1) is 11.7. The smallest absolute Gasteiger partial charge is 0.273 e. The Morgan fingerprint density at radius 2 is 1.46 bits per heavy atom.